The van der Waals surface area contributed by atoms with Crippen molar-refractivity contribution in [3.8, 4) is 0 Å². The van der Waals surface area contributed by atoms with E-state index in [9.17, 15) is 14.7 Å². The third-order valence-corrected chi connectivity index (χ3v) is 6.49. The first-order chi connectivity index (χ1) is 14.5. The summed E-state index contributed by atoms with van der Waals surface area (Å²) in [6.07, 6.45) is 3.27. The number of aliphatic hydroxyl groups is 1. The maximum absolute atomic E-state index is 13.4. The number of ether oxygens (including phenoxy) is 1. The molecule has 0 bridgehead atoms. The quantitative estimate of drug-likeness (QED) is 0.704. The van der Waals surface area contributed by atoms with Crippen LogP contribution in [0.2, 0.25) is 0 Å². The van der Waals surface area contributed by atoms with Crippen LogP contribution >= 0.6 is 11.3 Å². The van der Waals surface area contributed by atoms with Gasteiger partial charge in [-0.25, -0.2) is 4.98 Å². The van der Waals surface area contributed by atoms with E-state index in [-0.39, 0.29) is 11.4 Å². The Morgan fingerprint density at radius 1 is 1.30 bits per heavy atom. The number of aryl methyl sites for hydroxylation is 2. The Kier molecular flexibility index (Phi) is 5.94. The van der Waals surface area contributed by atoms with E-state index in [2.05, 4.69) is 14.9 Å². The van der Waals surface area contributed by atoms with E-state index in [0.29, 0.717) is 42.4 Å². The molecule has 2 aromatic heterocycles. The highest BCUT2D eigenvalue weighted by Crippen LogP contribution is 2.39. The fourth-order valence-electron chi connectivity index (χ4n) is 3.94. The van der Waals surface area contributed by atoms with Crippen LogP contribution in [0.1, 0.15) is 32.0 Å². The van der Waals surface area contributed by atoms with Crippen molar-refractivity contribution < 1.29 is 19.4 Å². The summed E-state index contributed by atoms with van der Waals surface area (Å²) in [5.74, 6) is -1.37. The van der Waals surface area contributed by atoms with Crippen LogP contribution in [0.25, 0.3) is 0 Å². The molecule has 0 radical (unpaired) electrons. The molecule has 2 aromatic rings. The first-order valence-electron chi connectivity index (χ1n) is 9.90. The van der Waals surface area contributed by atoms with Gasteiger partial charge in [-0.3, -0.25) is 19.5 Å². The van der Waals surface area contributed by atoms with Gasteiger partial charge in [-0.2, -0.15) is 0 Å². The average molecular weight is 429 g/mol. The number of hydrogen-bond donors (Lipinski definition) is 1. The second-order valence-electron chi connectivity index (χ2n) is 7.38. The van der Waals surface area contributed by atoms with E-state index in [4.69, 9.17) is 4.74 Å². The van der Waals surface area contributed by atoms with Crippen LogP contribution in [-0.4, -0.2) is 76.0 Å². The van der Waals surface area contributed by atoms with Crippen molar-refractivity contribution >= 4 is 23.0 Å². The lowest BCUT2D eigenvalue weighted by molar-refractivity contribution is -0.129. The largest absolute Gasteiger partial charge is 0.503 e. The SMILES string of the molecule is Cc1nc(C)c(C(=O)C2=C(O)C(=O)N(CCN3CCOCC3)[C@H]2c2cccnc2)s1. The fourth-order valence-corrected chi connectivity index (χ4v) is 4.81. The molecule has 4 heterocycles. The van der Waals surface area contributed by atoms with Crippen molar-refractivity contribution in [2.75, 3.05) is 39.4 Å². The zero-order valence-corrected chi connectivity index (χ0v) is 17.8. The molecule has 1 saturated heterocycles. The van der Waals surface area contributed by atoms with Gasteiger partial charge in [-0.05, 0) is 25.5 Å². The summed E-state index contributed by atoms with van der Waals surface area (Å²) < 4.78 is 5.38. The van der Waals surface area contributed by atoms with E-state index in [1.165, 1.54) is 11.3 Å². The molecule has 1 amide bonds. The van der Waals surface area contributed by atoms with Gasteiger partial charge in [0.1, 0.15) is 0 Å². The van der Waals surface area contributed by atoms with Gasteiger partial charge in [0.25, 0.3) is 5.91 Å². The molecule has 0 spiro atoms. The Morgan fingerprint density at radius 2 is 2.07 bits per heavy atom. The van der Waals surface area contributed by atoms with E-state index >= 15 is 0 Å². The minimum atomic E-state index is -0.679. The van der Waals surface area contributed by atoms with Gasteiger partial charge in [0.15, 0.2) is 5.76 Å². The van der Waals surface area contributed by atoms with E-state index in [0.717, 1.165) is 18.1 Å². The summed E-state index contributed by atoms with van der Waals surface area (Å²) in [4.78, 5) is 39.1. The molecule has 1 N–H and O–H groups in total. The summed E-state index contributed by atoms with van der Waals surface area (Å²) in [6, 6.07) is 2.91. The second kappa shape index (κ2) is 8.63. The predicted molar refractivity (Wildman–Crippen MR) is 112 cm³/mol. The number of pyridine rings is 1. The highest BCUT2D eigenvalue weighted by molar-refractivity contribution is 7.14. The molecule has 1 fully saturated rings. The summed E-state index contributed by atoms with van der Waals surface area (Å²) >= 11 is 1.27. The van der Waals surface area contributed by atoms with E-state index < -0.39 is 17.7 Å². The molecule has 158 valence electrons. The second-order valence-corrected chi connectivity index (χ2v) is 8.58. The lowest BCUT2D eigenvalue weighted by atomic mass is 9.96. The molecular weight excluding hydrogens is 404 g/mol. The molecule has 4 rings (SSSR count). The van der Waals surface area contributed by atoms with Crippen LogP contribution in [0.5, 0.6) is 0 Å². The fraction of sp³-hybridized carbons (Fsp3) is 0.429. The number of carbonyl (C=O) groups is 2. The van der Waals surface area contributed by atoms with Gasteiger partial charge < -0.3 is 14.7 Å². The number of nitrogens with zero attached hydrogens (tertiary/aromatic N) is 4. The van der Waals surface area contributed by atoms with Crippen LogP contribution < -0.4 is 0 Å². The minimum Gasteiger partial charge on any atom is -0.503 e. The molecule has 2 aliphatic rings. The number of carbonyl (C=O) groups excluding carboxylic acids is 2. The number of hydrogen-bond acceptors (Lipinski definition) is 8. The van der Waals surface area contributed by atoms with Crippen LogP contribution in [0.4, 0.5) is 0 Å². The lowest BCUT2D eigenvalue weighted by Gasteiger charge is -2.31. The zero-order chi connectivity index (χ0) is 21.3. The summed E-state index contributed by atoms with van der Waals surface area (Å²) in [6.45, 7) is 7.54. The molecule has 30 heavy (non-hydrogen) atoms. The van der Waals surface area contributed by atoms with Crippen molar-refractivity contribution in [1.82, 2.24) is 19.8 Å². The van der Waals surface area contributed by atoms with Gasteiger partial charge in [-0.15, -0.1) is 11.3 Å². The van der Waals surface area contributed by atoms with Crippen molar-refractivity contribution in [3.63, 3.8) is 0 Å². The molecule has 0 saturated carbocycles. The molecular formula is C21H24N4O4S. The van der Waals surface area contributed by atoms with Gasteiger partial charge in [0.2, 0.25) is 5.78 Å². The van der Waals surface area contributed by atoms with Crippen molar-refractivity contribution in [1.29, 1.82) is 0 Å². The molecule has 0 unspecified atom stereocenters. The maximum atomic E-state index is 13.4. The zero-order valence-electron chi connectivity index (χ0n) is 17.0. The van der Waals surface area contributed by atoms with Crippen LogP contribution in [0, 0.1) is 13.8 Å². The van der Waals surface area contributed by atoms with Crippen LogP contribution in [0.15, 0.2) is 35.9 Å². The number of aromatic nitrogens is 2. The number of thiazole rings is 1. The van der Waals surface area contributed by atoms with Gasteiger partial charge in [-0.1, -0.05) is 6.07 Å². The summed E-state index contributed by atoms with van der Waals surface area (Å²) in [5.41, 5.74) is 1.40. The number of aliphatic hydroxyl groups excluding tert-OH is 1. The number of morpholine rings is 1. The third-order valence-electron chi connectivity index (χ3n) is 5.42. The molecule has 0 aromatic carbocycles. The maximum Gasteiger partial charge on any atom is 0.290 e. The van der Waals surface area contributed by atoms with Crippen molar-refractivity contribution in [3.05, 3.63) is 57.0 Å². The highest BCUT2D eigenvalue weighted by Gasteiger charge is 2.44. The third kappa shape index (κ3) is 3.88. The Morgan fingerprint density at radius 3 is 2.70 bits per heavy atom. The number of ketones is 1. The first kappa shape index (κ1) is 20.6. The van der Waals surface area contributed by atoms with E-state index in [1.54, 1.807) is 30.3 Å². The summed E-state index contributed by atoms with van der Waals surface area (Å²) in [7, 11) is 0. The van der Waals surface area contributed by atoms with Crippen LogP contribution in [-0.2, 0) is 9.53 Å². The highest BCUT2D eigenvalue weighted by atomic mass is 32.1. The van der Waals surface area contributed by atoms with E-state index in [1.807, 2.05) is 13.0 Å². The van der Waals surface area contributed by atoms with Gasteiger partial charge >= 0.3 is 0 Å². The summed E-state index contributed by atoms with van der Waals surface area (Å²) in [5, 5.41) is 11.5. The first-order valence-corrected chi connectivity index (χ1v) is 10.7. The average Bonchev–Trinajstić information content (AvgIpc) is 3.23. The normalized spacial score (nSPS) is 20.3. The standard InChI is InChI=1S/C21H24N4O4S/c1-13-20(30-14(2)23-13)18(26)16-17(15-4-3-5-22-12-15)25(21(28)19(16)27)7-6-24-8-10-29-11-9-24/h3-5,12,17,27H,6-11H2,1-2H3/t17-/m0/s1. The minimum absolute atomic E-state index is 0.0988. The topological polar surface area (TPSA) is 95.9 Å². The van der Waals surface area contributed by atoms with Gasteiger partial charge in [0, 0.05) is 38.6 Å². The predicted octanol–water partition coefficient (Wildman–Crippen LogP) is 2.07. The Balaban J connectivity index is 1.67. The Labute approximate surface area is 178 Å². The lowest BCUT2D eigenvalue weighted by Crippen LogP contribution is -2.43. The molecule has 0 aliphatic carbocycles. The Hall–Kier alpha value is -2.62. The Bertz CT molecular complexity index is 982. The number of Topliss-reactive ketones (excluding diaryl/α,β-unsaturated/α-hetero) is 1. The van der Waals surface area contributed by atoms with Crippen LogP contribution in [0.3, 0.4) is 0 Å². The number of amides is 1. The number of rotatable bonds is 6. The monoisotopic (exact) mass is 428 g/mol. The smallest absolute Gasteiger partial charge is 0.290 e. The van der Waals surface area contributed by atoms with Crippen molar-refractivity contribution in [2.45, 2.75) is 19.9 Å². The molecule has 8 nitrogen and oxygen atoms in total. The molecule has 1 atom stereocenters. The molecule has 2 aliphatic heterocycles. The van der Waals surface area contributed by atoms with Gasteiger partial charge in [0.05, 0.1) is 40.4 Å². The van der Waals surface area contributed by atoms with Crippen molar-refractivity contribution in [2.24, 2.45) is 0 Å². The molecule has 9 heteroatoms.